The molecule has 0 N–H and O–H groups in total. The molecule has 25 heavy (non-hydrogen) atoms. The highest BCUT2D eigenvalue weighted by molar-refractivity contribution is 5.87. The Bertz CT molecular complexity index is 1060. The highest BCUT2D eigenvalue weighted by Gasteiger charge is 2.18. The number of imidazole rings is 2. The molecule has 2 heterocycles. The minimum Gasteiger partial charge on any atom is -0.497 e. The second-order valence-electron chi connectivity index (χ2n) is 5.66. The zero-order valence-corrected chi connectivity index (χ0v) is 14.0. The summed E-state index contributed by atoms with van der Waals surface area (Å²) in [4.78, 5) is 16.4. The third-order valence-corrected chi connectivity index (χ3v) is 4.28. The highest BCUT2D eigenvalue weighted by atomic mass is 16.5. The van der Waals surface area contributed by atoms with Crippen molar-refractivity contribution in [2.75, 3.05) is 14.2 Å². The lowest BCUT2D eigenvalue weighted by Crippen LogP contribution is -2.11. The summed E-state index contributed by atoms with van der Waals surface area (Å²) in [7, 11) is 3.00. The lowest BCUT2D eigenvalue weighted by Gasteiger charge is -2.04. The van der Waals surface area contributed by atoms with Crippen LogP contribution in [0.3, 0.4) is 0 Å². The molecule has 0 amide bonds. The molecule has 0 radical (unpaired) electrons. The van der Waals surface area contributed by atoms with Gasteiger partial charge in [-0.25, -0.2) is 4.98 Å². The van der Waals surface area contributed by atoms with Gasteiger partial charge >= 0.3 is 5.97 Å². The van der Waals surface area contributed by atoms with Crippen molar-refractivity contribution in [2.45, 2.75) is 6.54 Å². The van der Waals surface area contributed by atoms with E-state index in [2.05, 4.69) is 4.98 Å². The minimum absolute atomic E-state index is 0.0852. The normalized spacial score (nSPS) is 11.1. The summed E-state index contributed by atoms with van der Waals surface area (Å²) < 4.78 is 14.1. The van der Waals surface area contributed by atoms with Gasteiger partial charge < -0.3 is 9.47 Å². The second kappa shape index (κ2) is 5.98. The summed E-state index contributed by atoms with van der Waals surface area (Å²) in [6, 6.07) is 15.8. The van der Waals surface area contributed by atoms with Crippen LogP contribution >= 0.6 is 0 Å². The lowest BCUT2D eigenvalue weighted by atomic mass is 10.2. The molecule has 0 saturated carbocycles. The Hall–Kier alpha value is -3.28. The van der Waals surface area contributed by atoms with Gasteiger partial charge in [0.15, 0.2) is 0 Å². The number of carbonyl (C=O) groups is 1. The molecule has 0 saturated heterocycles. The number of aromatic nitrogens is 3. The van der Waals surface area contributed by atoms with E-state index >= 15 is 0 Å². The number of fused-ring (bicyclic) bond motifs is 3. The maximum Gasteiger partial charge on any atom is 0.325 e. The van der Waals surface area contributed by atoms with Crippen LogP contribution in [0.1, 0.15) is 0 Å². The standard InChI is InChI=1S/C19H17N3O3/c1-24-14-8-9-15-16(10-14)21(12-18(23)25-2)19-20-11-17(22(15)19)13-6-4-3-5-7-13/h3-11H,12H2,1-2H3. The summed E-state index contributed by atoms with van der Waals surface area (Å²) in [5.41, 5.74) is 3.85. The number of nitrogens with zero attached hydrogens (tertiary/aromatic N) is 3. The third kappa shape index (κ3) is 2.42. The number of benzene rings is 2. The maximum absolute atomic E-state index is 11.9. The molecular weight excluding hydrogens is 318 g/mol. The van der Waals surface area contributed by atoms with Gasteiger partial charge in [0.05, 0.1) is 37.1 Å². The van der Waals surface area contributed by atoms with Crippen molar-refractivity contribution < 1.29 is 14.3 Å². The van der Waals surface area contributed by atoms with E-state index in [-0.39, 0.29) is 12.5 Å². The first-order chi connectivity index (χ1) is 12.2. The number of rotatable bonds is 4. The third-order valence-electron chi connectivity index (χ3n) is 4.28. The van der Waals surface area contributed by atoms with Gasteiger partial charge in [-0.1, -0.05) is 30.3 Å². The van der Waals surface area contributed by atoms with Gasteiger partial charge in [-0.3, -0.25) is 13.8 Å². The molecule has 4 aromatic rings. The monoisotopic (exact) mass is 335 g/mol. The molecule has 2 aromatic carbocycles. The second-order valence-corrected chi connectivity index (χ2v) is 5.66. The van der Waals surface area contributed by atoms with Crippen LogP contribution in [-0.2, 0) is 16.1 Å². The summed E-state index contributed by atoms with van der Waals surface area (Å²) in [5, 5.41) is 0. The summed E-state index contributed by atoms with van der Waals surface area (Å²) in [6.45, 7) is 0.0852. The van der Waals surface area contributed by atoms with Crippen molar-refractivity contribution in [1.82, 2.24) is 14.0 Å². The fourth-order valence-corrected chi connectivity index (χ4v) is 3.08. The number of ether oxygens (including phenoxy) is 2. The number of methoxy groups -OCH3 is 2. The Kier molecular flexibility index (Phi) is 3.65. The molecule has 0 fully saturated rings. The Morgan fingerprint density at radius 2 is 1.88 bits per heavy atom. The average Bonchev–Trinajstić information content (AvgIpc) is 3.21. The molecule has 2 aromatic heterocycles. The number of hydrogen-bond acceptors (Lipinski definition) is 4. The molecule has 0 aliphatic carbocycles. The van der Waals surface area contributed by atoms with Crippen LogP contribution in [-0.4, -0.2) is 34.1 Å². The van der Waals surface area contributed by atoms with Gasteiger partial charge in [0.2, 0.25) is 5.78 Å². The van der Waals surface area contributed by atoms with Crippen molar-refractivity contribution in [3.8, 4) is 17.0 Å². The van der Waals surface area contributed by atoms with Crippen LogP contribution in [0.2, 0.25) is 0 Å². The van der Waals surface area contributed by atoms with E-state index in [1.165, 1.54) is 7.11 Å². The first kappa shape index (κ1) is 15.3. The molecule has 0 atom stereocenters. The predicted molar refractivity (Wildman–Crippen MR) is 94.7 cm³/mol. The van der Waals surface area contributed by atoms with Crippen LogP contribution in [0.5, 0.6) is 5.75 Å². The molecule has 0 aliphatic rings. The van der Waals surface area contributed by atoms with Gasteiger partial charge in [0.1, 0.15) is 12.3 Å². The summed E-state index contributed by atoms with van der Waals surface area (Å²) in [6.07, 6.45) is 1.82. The van der Waals surface area contributed by atoms with E-state index in [4.69, 9.17) is 9.47 Å². The zero-order chi connectivity index (χ0) is 17.4. The van der Waals surface area contributed by atoms with E-state index in [9.17, 15) is 4.79 Å². The van der Waals surface area contributed by atoms with Gasteiger partial charge in [0.25, 0.3) is 0 Å². The number of carbonyl (C=O) groups excluding carboxylic acids is 1. The largest absolute Gasteiger partial charge is 0.497 e. The van der Waals surface area contributed by atoms with E-state index in [1.807, 2.05) is 63.7 Å². The van der Waals surface area contributed by atoms with Gasteiger partial charge in [0, 0.05) is 11.6 Å². The van der Waals surface area contributed by atoms with E-state index in [0.717, 1.165) is 28.0 Å². The average molecular weight is 335 g/mol. The minimum atomic E-state index is -0.327. The summed E-state index contributed by atoms with van der Waals surface area (Å²) >= 11 is 0. The molecule has 0 bridgehead atoms. The molecule has 0 aliphatic heterocycles. The summed E-state index contributed by atoms with van der Waals surface area (Å²) in [5.74, 6) is 1.08. The zero-order valence-electron chi connectivity index (χ0n) is 14.0. The molecule has 6 nitrogen and oxygen atoms in total. The number of hydrogen-bond donors (Lipinski definition) is 0. The Morgan fingerprint density at radius 3 is 2.60 bits per heavy atom. The van der Waals surface area contributed by atoms with Crippen molar-refractivity contribution in [3.05, 3.63) is 54.7 Å². The Labute approximate surface area is 144 Å². The smallest absolute Gasteiger partial charge is 0.325 e. The lowest BCUT2D eigenvalue weighted by molar-refractivity contribution is -0.141. The molecule has 0 spiro atoms. The van der Waals surface area contributed by atoms with Crippen LogP contribution in [0.15, 0.2) is 54.7 Å². The van der Waals surface area contributed by atoms with Crippen LogP contribution in [0.25, 0.3) is 28.1 Å². The van der Waals surface area contributed by atoms with E-state index < -0.39 is 0 Å². The highest BCUT2D eigenvalue weighted by Crippen LogP contribution is 2.30. The Balaban J connectivity index is 2.03. The quantitative estimate of drug-likeness (QED) is 0.538. The molecular formula is C19H17N3O3. The van der Waals surface area contributed by atoms with E-state index in [1.54, 1.807) is 7.11 Å². The predicted octanol–water partition coefficient (Wildman–Crippen LogP) is 3.14. The van der Waals surface area contributed by atoms with Crippen LogP contribution < -0.4 is 4.74 Å². The maximum atomic E-state index is 11.9. The Morgan fingerprint density at radius 1 is 1.08 bits per heavy atom. The number of esters is 1. The first-order valence-corrected chi connectivity index (χ1v) is 7.89. The van der Waals surface area contributed by atoms with Crippen molar-refractivity contribution in [1.29, 1.82) is 0 Å². The molecule has 6 heteroatoms. The molecule has 126 valence electrons. The van der Waals surface area contributed by atoms with Gasteiger partial charge in [-0.2, -0.15) is 0 Å². The van der Waals surface area contributed by atoms with Crippen LogP contribution in [0, 0.1) is 0 Å². The SMILES string of the molecule is COC(=O)Cn1c2cc(OC)ccc2n2c(-c3ccccc3)cnc12. The fraction of sp³-hybridized carbons (Fsp3) is 0.158. The van der Waals surface area contributed by atoms with Gasteiger partial charge in [-0.05, 0) is 12.1 Å². The van der Waals surface area contributed by atoms with Crippen LogP contribution in [0.4, 0.5) is 0 Å². The van der Waals surface area contributed by atoms with Gasteiger partial charge in [-0.15, -0.1) is 0 Å². The van der Waals surface area contributed by atoms with Crippen molar-refractivity contribution in [3.63, 3.8) is 0 Å². The molecule has 0 unspecified atom stereocenters. The fourth-order valence-electron chi connectivity index (χ4n) is 3.08. The topological polar surface area (TPSA) is 57.8 Å². The first-order valence-electron chi connectivity index (χ1n) is 7.89. The molecule has 4 rings (SSSR count). The van der Waals surface area contributed by atoms with E-state index in [0.29, 0.717) is 5.78 Å². The van der Waals surface area contributed by atoms with Crippen molar-refractivity contribution in [2.24, 2.45) is 0 Å². The van der Waals surface area contributed by atoms with Crippen molar-refractivity contribution >= 4 is 22.8 Å².